The maximum Gasteiger partial charge on any atom is 0.123 e. The lowest BCUT2D eigenvalue weighted by atomic mass is 9.91. The first-order valence-electron chi connectivity index (χ1n) is 6.97. The molecule has 1 fully saturated rings. The fourth-order valence-electron chi connectivity index (χ4n) is 2.80. The first-order chi connectivity index (χ1) is 8.99. The van der Waals surface area contributed by atoms with Crippen molar-refractivity contribution in [2.24, 2.45) is 11.7 Å². The minimum atomic E-state index is -0.247. The Labute approximate surface area is 114 Å². The molecule has 1 aliphatic rings. The van der Waals surface area contributed by atoms with Crippen LogP contribution in [0.1, 0.15) is 38.3 Å². The Morgan fingerprint density at radius 2 is 1.95 bits per heavy atom. The molecule has 0 bridgehead atoms. The second-order valence-corrected chi connectivity index (χ2v) is 5.56. The summed E-state index contributed by atoms with van der Waals surface area (Å²) in [6.07, 6.45) is 1.68. The Balaban J connectivity index is 2.15. The third-order valence-corrected chi connectivity index (χ3v) is 4.04. The summed E-state index contributed by atoms with van der Waals surface area (Å²) in [5, 5.41) is 9.63. The van der Waals surface area contributed by atoms with Gasteiger partial charge in [0.15, 0.2) is 0 Å². The molecule has 0 saturated carbocycles. The van der Waals surface area contributed by atoms with E-state index in [1.54, 1.807) is 0 Å². The highest BCUT2D eigenvalue weighted by atomic mass is 19.1. The van der Waals surface area contributed by atoms with Crippen LogP contribution < -0.4 is 10.6 Å². The van der Waals surface area contributed by atoms with Crippen molar-refractivity contribution in [3.05, 3.63) is 29.6 Å². The number of benzene rings is 1. The van der Waals surface area contributed by atoms with Crippen LogP contribution in [-0.4, -0.2) is 24.3 Å². The van der Waals surface area contributed by atoms with E-state index in [0.29, 0.717) is 5.92 Å². The normalized spacial score (nSPS) is 20.4. The Bertz CT molecular complexity index is 426. The molecule has 2 atom stereocenters. The van der Waals surface area contributed by atoms with Crippen molar-refractivity contribution >= 4 is 5.69 Å². The number of hydrogen-bond donors (Lipinski definition) is 2. The minimum Gasteiger partial charge on any atom is -0.393 e. The summed E-state index contributed by atoms with van der Waals surface area (Å²) in [6, 6.07) is 4.65. The maximum absolute atomic E-state index is 13.3. The smallest absolute Gasteiger partial charge is 0.123 e. The molecule has 3 N–H and O–H groups in total. The predicted molar refractivity (Wildman–Crippen MR) is 75.6 cm³/mol. The summed E-state index contributed by atoms with van der Waals surface area (Å²) < 4.78 is 13.3. The molecule has 0 spiro atoms. The Kier molecular flexibility index (Phi) is 4.42. The van der Waals surface area contributed by atoms with E-state index in [-0.39, 0.29) is 18.0 Å². The summed E-state index contributed by atoms with van der Waals surface area (Å²) in [4.78, 5) is 2.25. The van der Waals surface area contributed by atoms with Gasteiger partial charge in [-0.2, -0.15) is 0 Å². The Hall–Kier alpha value is -1.13. The van der Waals surface area contributed by atoms with Crippen LogP contribution in [0.15, 0.2) is 18.2 Å². The minimum absolute atomic E-state index is 0.180. The molecule has 0 amide bonds. The van der Waals surface area contributed by atoms with Gasteiger partial charge in [-0.3, -0.25) is 0 Å². The number of piperidine rings is 1. The first kappa shape index (κ1) is 14.3. The van der Waals surface area contributed by atoms with Crippen LogP contribution in [0.5, 0.6) is 0 Å². The van der Waals surface area contributed by atoms with Crippen LogP contribution in [0.3, 0.4) is 0 Å². The molecule has 2 rings (SSSR count). The van der Waals surface area contributed by atoms with Gasteiger partial charge in [0.2, 0.25) is 0 Å². The molecular formula is C15H23FN2O. The number of anilines is 1. The molecule has 3 nitrogen and oxygen atoms in total. The summed E-state index contributed by atoms with van der Waals surface area (Å²) in [6.45, 7) is 5.51. The summed E-state index contributed by atoms with van der Waals surface area (Å²) >= 11 is 0. The van der Waals surface area contributed by atoms with Crippen molar-refractivity contribution in [1.82, 2.24) is 0 Å². The summed E-state index contributed by atoms with van der Waals surface area (Å²) in [5.74, 6) is 0.130. The zero-order valence-corrected chi connectivity index (χ0v) is 11.6. The van der Waals surface area contributed by atoms with Crippen LogP contribution in [-0.2, 0) is 0 Å². The third-order valence-electron chi connectivity index (χ3n) is 4.04. The second kappa shape index (κ2) is 5.88. The molecular weight excluding hydrogens is 243 g/mol. The molecule has 0 aliphatic carbocycles. The highest BCUT2D eigenvalue weighted by molar-refractivity contribution is 5.55. The van der Waals surface area contributed by atoms with Crippen molar-refractivity contribution in [1.29, 1.82) is 0 Å². The maximum atomic E-state index is 13.3. The molecule has 1 aromatic rings. The van der Waals surface area contributed by atoms with E-state index >= 15 is 0 Å². The van der Waals surface area contributed by atoms with Gasteiger partial charge in [-0.05, 0) is 56.4 Å². The van der Waals surface area contributed by atoms with Crippen molar-refractivity contribution < 1.29 is 9.50 Å². The molecule has 0 radical (unpaired) electrons. The molecule has 106 valence electrons. The molecule has 1 saturated heterocycles. The van der Waals surface area contributed by atoms with Gasteiger partial charge in [0, 0.05) is 24.8 Å². The number of halogens is 1. The highest BCUT2D eigenvalue weighted by Gasteiger charge is 2.24. The van der Waals surface area contributed by atoms with Crippen LogP contribution >= 0.6 is 0 Å². The van der Waals surface area contributed by atoms with Crippen molar-refractivity contribution in [2.45, 2.75) is 38.8 Å². The van der Waals surface area contributed by atoms with Crippen LogP contribution in [0.2, 0.25) is 0 Å². The van der Waals surface area contributed by atoms with E-state index in [1.165, 1.54) is 12.1 Å². The van der Waals surface area contributed by atoms with E-state index in [4.69, 9.17) is 5.73 Å². The lowest BCUT2D eigenvalue weighted by molar-refractivity contribution is 0.110. The summed E-state index contributed by atoms with van der Waals surface area (Å²) in [7, 11) is 0. The lowest BCUT2D eigenvalue weighted by Gasteiger charge is -2.36. The molecule has 1 aliphatic heterocycles. The van der Waals surface area contributed by atoms with E-state index in [9.17, 15) is 9.50 Å². The van der Waals surface area contributed by atoms with E-state index in [2.05, 4.69) is 4.90 Å². The van der Waals surface area contributed by atoms with E-state index in [0.717, 1.165) is 37.2 Å². The Morgan fingerprint density at radius 1 is 1.32 bits per heavy atom. The molecule has 0 aromatic heterocycles. The first-order valence-corrected chi connectivity index (χ1v) is 6.97. The summed E-state index contributed by atoms with van der Waals surface area (Å²) in [5.41, 5.74) is 7.82. The van der Waals surface area contributed by atoms with Crippen LogP contribution in [0.25, 0.3) is 0 Å². The van der Waals surface area contributed by atoms with Gasteiger partial charge < -0.3 is 15.7 Å². The van der Waals surface area contributed by atoms with Crippen LogP contribution in [0, 0.1) is 11.7 Å². The topological polar surface area (TPSA) is 49.5 Å². The average Bonchev–Trinajstić information content (AvgIpc) is 2.38. The number of hydrogen-bond acceptors (Lipinski definition) is 3. The van der Waals surface area contributed by atoms with Gasteiger partial charge >= 0.3 is 0 Å². The standard InChI is InChI=1S/C15H23FN2O/c1-10(17)14-9-13(16)3-4-15(14)18-7-5-12(6-8-18)11(2)19/h3-4,9-12,19H,5-8,17H2,1-2H3. The average molecular weight is 266 g/mol. The van der Waals surface area contributed by atoms with Crippen molar-refractivity contribution in [2.75, 3.05) is 18.0 Å². The van der Waals surface area contributed by atoms with Crippen molar-refractivity contribution in [3.8, 4) is 0 Å². The SMILES string of the molecule is CC(N)c1cc(F)ccc1N1CCC(C(C)O)CC1. The molecule has 1 heterocycles. The van der Waals surface area contributed by atoms with Gasteiger partial charge in [0.25, 0.3) is 0 Å². The molecule has 19 heavy (non-hydrogen) atoms. The largest absolute Gasteiger partial charge is 0.393 e. The monoisotopic (exact) mass is 266 g/mol. The lowest BCUT2D eigenvalue weighted by Crippen LogP contribution is -2.37. The van der Waals surface area contributed by atoms with Crippen LogP contribution in [0.4, 0.5) is 10.1 Å². The van der Waals surface area contributed by atoms with Crippen molar-refractivity contribution in [3.63, 3.8) is 0 Å². The highest BCUT2D eigenvalue weighted by Crippen LogP contribution is 2.30. The van der Waals surface area contributed by atoms with Gasteiger partial charge in [-0.25, -0.2) is 4.39 Å². The fourth-order valence-corrected chi connectivity index (χ4v) is 2.80. The number of aliphatic hydroxyl groups is 1. The predicted octanol–water partition coefficient (Wildman–Crippen LogP) is 2.44. The zero-order chi connectivity index (χ0) is 14.0. The molecule has 2 unspecified atom stereocenters. The van der Waals surface area contributed by atoms with Gasteiger partial charge in [-0.15, -0.1) is 0 Å². The number of nitrogens with two attached hydrogens (primary N) is 1. The van der Waals surface area contributed by atoms with E-state index < -0.39 is 0 Å². The quantitative estimate of drug-likeness (QED) is 0.883. The van der Waals surface area contributed by atoms with Gasteiger partial charge in [0.05, 0.1) is 6.10 Å². The van der Waals surface area contributed by atoms with Gasteiger partial charge in [0.1, 0.15) is 5.82 Å². The number of nitrogens with zero attached hydrogens (tertiary/aromatic N) is 1. The second-order valence-electron chi connectivity index (χ2n) is 5.56. The third kappa shape index (κ3) is 3.25. The zero-order valence-electron chi connectivity index (χ0n) is 11.6. The number of rotatable bonds is 3. The van der Waals surface area contributed by atoms with Gasteiger partial charge in [-0.1, -0.05) is 0 Å². The molecule has 4 heteroatoms. The number of aliphatic hydroxyl groups excluding tert-OH is 1. The Morgan fingerprint density at radius 3 is 2.47 bits per heavy atom. The molecule has 1 aromatic carbocycles. The van der Waals surface area contributed by atoms with E-state index in [1.807, 2.05) is 19.9 Å². The fraction of sp³-hybridized carbons (Fsp3) is 0.600.